The minimum atomic E-state index is -0.194. The van der Waals surface area contributed by atoms with Gasteiger partial charge in [0.25, 0.3) is 5.91 Å². The van der Waals surface area contributed by atoms with Crippen molar-refractivity contribution < 1.29 is 9.32 Å². The lowest BCUT2D eigenvalue weighted by atomic mass is 9.93. The topological polar surface area (TPSA) is 68.0 Å². The number of amides is 1. The smallest absolute Gasteiger partial charge is 0.262 e. The van der Waals surface area contributed by atoms with Crippen LogP contribution in [0.5, 0.6) is 0 Å². The van der Waals surface area contributed by atoms with Crippen molar-refractivity contribution in [1.82, 2.24) is 10.1 Å². The molecule has 1 atom stereocenters. The summed E-state index contributed by atoms with van der Waals surface area (Å²) in [6, 6.07) is 0. The molecule has 1 aliphatic carbocycles. The summed E-state index contributed by atoms with van der Waals surface area (Å²) in [6.07, 6.45) is 3.25. The van der Waals surface area contributed by atoms with Gasteiger partial charge in [-0.05, 0) is 39.0 Å². The van der Waals surface area contributed by atoms with Crippen LogP contribution in [0, 0.1) is 19.8 Å². The predicted molar refractivity (Wildman–Crippen MR) is 77.2 cm³/mol. The first-order chi connectivity index (χ1) is 9.54. The fourth-order valence-corrected chi connectivity index (χ4v) is 3.73. The molecule has 0 bridgehead atoms. The van der Waals surface area contributed by atoms with Gasteiger partial charge >= 0.3 is 0 Å². The van der Waals surface area contributed by atoms with Crippen molar-refractivity contribution in [1.29, 1.82) is 0 Å². The van der Waals surface area contributed by atoms with Gasteiger partial charge in [-0.25, -0.2) is 4.98 Å². The lowest BCUT2D eigenvalue weighted by molar-refractivity contribution is 0.102. The second kappa shape index (κ2) is 5.01. The molecule has 2 aromatic heterocycles. The Hall–Kier alpha value is -1.69. The Morgan fingerprint density at radius 3 is 2.95 bits per heavy atom. The molecule has 1 aliphatic rings. The number of aryl methyl sites for hydroxylation is 3. The first-order valence-electron chi connectivity index (χ1n) is 6.77. The van der Waals surface area contributed by atoms with Crippen LogP contribution in [-0.2, 0) is 12.8 Å². The van der Waals surface area contributed by atoms with E-state index in [2.05, 4.69) is 22.4 Å². The Balaban J connectivity index is 1.80. The van der Waals surface area contributed by atoms with E-state index < -0.39 is 0 Å². The molecular formula is C14H17N3O2S. The minimum Gasteiger partial charge on any atom is -0.361 e. The Morgan fingerprint density at radius 1 is 1.45 bits per heavy atom. The summed E-state index contributed by atoms with van der Waals surface area (Å²) in [7, 11) is 0. The molecule has 1 N–H and O–H groups in total. The van der Waals surface area contributed by atoms with E-state index in [4.69, 9.17) is 4.52 Å². The van der Waals surface area contributed by atoms with E-state index in [1.54, 1.807) is 25.2 Å². The van der Waals surface area contributed by atoms with Crippen molar-refractivity contribution >= 4 is 22.4 Å². The van der Waals surface area contributed by atoms with Crippen LogP contribution in [0.1, 0.15) is 45.7 Å². The van der Waals surface area contributed by atoms with E-state index in [9.17, 15) is 4.79 Å². The van der Waals surface area contributed by atoms with Gasteiger partial charge in [0, 0.05) is 4.88 Å². The van der Waals surface area contributed by atoms with Gasteiger partial charge < -0.3 is 4.52 Å². The molecule has 0 radical (unpaired) electrons. The monoisotopic (exact) mass is 291 g/mol. The normalized spacial score (nSPS) is 17.9. The van der Waals surface area contributed by atoms with Crippen LogP contribution >= 0.6 is 11.3 Å². The molecule has 3 rings (SSSR count). The molecule has 0 aromatic carbocycles. The SMILES string of the molecule is Cc1noc(C)c1C(=O)Nc1nc2c(s1)C[C@@H](C)CC2. The maximum absolute atomic E-state index is 12.2. The minimum absolute atomic E-state index is 0.194. The summed E-state index contributed by atoms with van der Waals surface area (Å²) in [4.78, 5) is 18.1. The van der Waals surface area contributed by atoms with Crippen LogP contribution in [0.2, 0.25) is 0 Å². The molecule has 6 heteroatoms. The van der Waals surface area contributed by atoms with E-state index in [-0.39, 0.29) is 5.91 Å². The molecule has 2 aromatic rings. The molecule has 20 heavy (non-hydrogen) atoms. The molecule has 0 fully saturated rings. The Labute approximate surface area is 121 Å². The summed E-state index contributed by atoms with van der Waals surface area (Å²) in [6.45, 7) is 5.76. The molecule has 106 valence electrons. The van der Waals surface area contributed by atoms with Gasteiger partial charge in [0.2, 0.25) is 0 Å². The van der Waals surface area contributed by atoms with Gasteiger partial charge in [-0.2, -0.15) is 0 Å². The largest absolute Gasteiger partial charge is 0.361 e. The number of fused-ring (bicyclic) bond motifs is 1. The third-order valence-corrected chi connectivity index (χ3v) is 4.70. The highest BCUT2D eigenvalue weighted by atomic mass is 32.1. The average Bonchev–Trinajstić information content (AvgIpc) is 2.92. The zero-order valence-corrected chi connectivity index (χ0v) is 12.6. The fraction of sp³-hybridized carbons (Fsp3) is 0.500. The van der Waals surface area contributed by atoms with Crippen molar-refractivity contribution in [2.24, 2.45) is 5.92 Å². The number of anilines is 1. The summed E-state index contributed by atoms with van der Waals surface area (Å²) in [5, 5.41) is 7.34. The van der Waals surface area contributed by atoms with Crippen LogP contribution in [0.15, 0.2) is 4.52 Å². The van der Waals surface area contributed by atoms with Crippen molar-refractivity contribution in [2.45, 2.75) is 40.0 Å². The number of nitrogens with zero attached hydrogens (tertiary/aromatic N) is 2. The van der Waals surface area contributed by atoms with Crippen molar-refractivity contribution in [2.75, 3.05) is 5.32 Å². The second-order valence-electron chi connectivity index (χ2n) is 5.39. The first kappa shape index (κ1) is 13.3. The molecule has 0 spiro atoms. The van der Waals surface area contributed by atoms with Gasteiger partial charge in [-0.1, -0.05) is 12.1 Å². The highest BCUT2D eigenvalue weighted by Gasteiger charge is 2.22. The van der Waals surface area contributed by atoms with Crippen molar-refractivity contribution in [3.8, 4) is 0 Å². The highest BCUT2D eigenvalue weighted by Crippen LogP contribution is 2.32. The lowest BCUT2D eigenvalue weighted by Gasteiger charge is -2.15. The molecule has 0 aliphatic heterocycles. The molecule has 1 amide bonds. The van der Waals surface area contributed by atoms with Crippen LogP contribution in [-0.4, -0.2) is 16.0 Å². The molecule has 0 saturated heterocycles. The third kappa shape index (κ3) is 2.35. The van der Waals surface area contributed by atoms with Gasteiger partial charge in [0.1, 0.15) is 11.3 Å². The van der Waals surface area contributed by atoms with E-state index in [0.717, 1.165) is 18.5 Å². The summed E-state index contributed by atoms with van der Waals surface area (Å²) < 4.78 is 5.02. The zero-order valence-electron chi connectivity index (χ0n) is 11.8. The maximum Gasteiger partial charge on any atom is 0.262 e. The standard InChI is InChI=1S/C14H17N3O2S/c1-7-4-5-10-11(6-7)20-14(15-10)16-13(18)12-8(2)17-19-9(12)3/h7H,4-6H2,1-3H3,(H,15,16,18)/t7-/m0/s1. The summed E-state index contributed by atoms with van der Waals surface area (Å²) in [5.41, 5.74) is 2.25. The van der Waals surface area contributed by atoms with Crippen LogP contribution in [0.25, 0.3) is 0 Å². The van der Waals surface area contributed by atoms with Gasteiger partial charge in [-0.15, -0.1) is 11.3 Å². The van der Waals surface area contributed by atoms with Crippen LogP contribution < -0.4 is 5.32 Å². The lowest BCUT2D eigenvalue weighted by Crippen LogP contribution is -2.13. The number of hydrogen-bond donors (Lipinski definition) is 1. The predicted octanol–water partition coefficient (Wildman–Crippen LogP) is 3.13. The van der Waals surface area contributed by atoms with Crippen molar-refractivity contribution in [3.05, 3.63) is 27.6 Å². The summed E-state index contributed by atoms with van der Waals surface area (Å²) >= 11 is 1.58. The average molecular weight is 291 g/mol. The Morgan fingerprint density at radius 2 is 2.25 bits per heavy atom. The van der Waals surface area contributed by atoms with Crippen LogP contribution in [0.4, 0.5) is 5.13 Å². The zero-order chi connectivity index (χ0) is 14.3. The highest BCUT2D eigenvalue weighted by molar-refractivity contribution is 7.15. The number of carbonyl (C=O) groups excluding carboxylic acids is 1. The molecular weight excluding hydrogens is 274 g/mol. The van der Waals surface area contributed by atoms with E-state index in [0.29, 0.717) is 28.1 Å². The number of aromatic nitrogens is 2. The molecule has 0 unspecified atom stereocenters. The quantitative estimate of drug-likeness (QED) is 0.923. The Kier molecular flexibility index (Phi) is 3.33. The molecule has 5 nitrogen and oxygen atoms in total. The number of carbonyl (C=O) groups is 1. The van der Waals surface area contributed by atoms with Crippen LogP contribution in [0.3, 0.4) is 0 Å². The van der Waals surface area contributed by atoms with E-state index >= 15 is 0 Å². The molecule has 0 saturated carbocycles. The summed E-state index contributed by atoms with van der Waals surface area (Å²) in [5.74, 6) is 1.05. The number of hydrogen-bond acceptors (Lipinski definition) is 5. The maximum atomic E-state index is 12.2. The third-order valence-electron chi connectivity index (χ3n) is 3.67. The first-order valence-corrected chi connectivity index (χ1v) is 7.59. The van der Waals surface area contributed by atoms with Gasteiger partial charge in [0.05, 0.1) is 11.4 Å². The molecule has 2 heterocycles. The fourth-order valence-electron chi connectivity index (χ4n) is 2.56. The van der Waals surface area contributed by atoms with E-state index in [1.165, 1.54) is 11.3 Å². The number of thiazole rings is 1. The second-order valence-corrected chi connectivity index (χ2v) is 6.47. The van der Waals surface area contributed by atoms with Crippen molar-refractivity contribution in [3.63, 3.8) is 0 Å². The van der Waals surface area contributed by atoms with Gasteiger partial charge in [0.15, 0.2) is 5.13 Å². The number of rotatable bonds is 2. The van der Waals surface area contributed by atoms with Gasteiger partial charge in [-0.3, -0.25) is 10.1 Å². The number of nitrogens with one attached hydrogen (secondary N) is 1. The van der Waals surface area contributed by atoms with E-state index in [1.807, 2.05) is 0 Å². The Bertz CT molecular complexity index is 640.